The second kappa shape index (κ2) is 3.88. The fraction of sp³-hybridized carbons (Fsp3) is 0.231. The number of hydrogen-bond donors (Lipinski definition) is 1. The molecule has 2 aromatic rings. The van der Waals surface area contributed by atoms with Gasteiger partial charge in [-0.05, 0) is 18.2 Å². The summed E-state index contributed by atoms with van der Waals surface area (Å²) in [5, 5.41) is 8.94. The summed E-state index contributed by atoms with van der Waals surface area (Å²) < 4.78 is 27.8. The maximum Gasteiger partial charge on any atom is 0.341 e. The lowest BCUT2D eigenvalue weighted by Gasteiger charge is -2.11. The summed E-state index contributed by atoms with van der Waals surface area (Å²) in [4.78, 5) is 23.0. The third-order valence-electron chi connectivity index (χ3n) is 3.26. The number of carboxylic acids is 1. The lowest BCUT2D eigenvalue weighted by molar-refractivity contribution is 0.0694. The van der Waals surface area contributed by atoms with Crippen LogP contribution >= 0.6 is 0 Å². The van der Waals surface area contributed by atoms with Crippen molar-refractivity contribution in [3.05, 3.63) is 46.0 Å². The normalized spacial score (nSPS) is 21.6. The van der Waals surface area contributed by atoms with Gasteiger partial charge in [-0.25, -0.2) is 13.6 Å². The molecule has 0 spiro atoms. The van der Waals surface area contributed by atoms with Crippen LogP contribution in [-0.4, -0.2) is 21.8 Å². The van der Waals surface area contributed by atoms with Gasteiger partial charge in [0.25, 0.3) is 0 Å². The first-order valence-electron chi connectivity index (χ1n) is 5.71. The van der Waals surface area contributed by atoms with Gasteiger partial charge < -0.3 is 9.67 Å². The molecule has 4 nitrogen and oxygen atoms in total. The molecular formula is C13H9F2NO3. The van der Waals surface area contributed by atoms with Gasteiger partial charge >= 0.3 is 5.97 Å². The number of hydrogen-bond acceptors (Lipinski definition) is 2. The molecular weight excluding hydrogens is 256 g/mol. The SMILES string of the molecule is O=C(O)c1cn([C@H]2C[C@H]2F)c2ccc(F)cc2c1=O. The summed E-state index contributed by atoms with van der Waals surface area (Å²) in [7, 11) is 0. The highest BCUT2D eigenvalue weighted by molar-refractivity contribution is 5.92. The number of carbonyl (C=O) groups is 1. The van der Waals surface area contributed by atoms with Crippen LogP contribution < -0.4 is 5.43 Å². The fourth-order valence-corrected chi connectivity index (χ4v) is 2.19. The van der Waals surface area contributed by atoms with E-state index in [-0.39, 0.29) is 11.8 Å². The molecule has 1 aliphatic carbocycles. The van der Waals surface area contributed by atoms with Gasteiger partial charge in [-0.15, -0.1) is 0 Å². The Balaban J connectivity index is 2.39. The molecule has 1 aromatic heterocycles. The van der Waals surface area contributed by atoms with Crippen molar-refractivity contribution in [2.75, 3.05) is 0 Å². The largest absolute Gasteiger partial charge is 0.477 e. The first-order chi connectivity index (χ1) is 8.99. The molecule has 3 rings (SSSR count). The summed E-state index contributed by atoms with van der Waals surface area (Å²) in [6.07, 6.45) is 0.348. The second-order valence-corrected chi connectivity index (χ2v) is 4.56. The molecule has 1 aliphatic rings. The minimum absolute atomic E-state index is 0.0426. The Bertz CT molecular complexity index is 753. The maximum atomic E-state index is 13.2. The quantitative estimate of drug-likeness (QED) is 0.904. The molecule has 1 saturated carbocycles. The predicted molar refractivity (Wildman–Crippen MR) is 63.7 cm³/mol. The zero-order valence-corrected chi connectivity index (χ0v) is 9.64. The zero-order chi connectivity index (χ0) is 13.7. The van der Waals surface area contributed by atoms with Gasteiger partial charge in [0, 0.05) is 18.0 Å². The van der Waals surface area contributed by atoms with Crippen molar-refractivity contribution in [1.29, 1.82) is 0 Å². The standard InChI is InChI=1S/C13H9F2NO3/c14-6-1-2-10-7(3-6)12(17)8(13(18)19)5-16(10)11-4-9(11)15/h1-3,5,9,11H,4H2,(H,18,19)/t9-,11+/m1/s1. The van der Waals surface area contributed by atoms with Crippen molar-refractivity contribution in [3.63, 3.8) is 0 Å². The molecule has 0 amide bonds. The van der Waals surface area contributed by atoms with E-state index < -0.39 is 35.0 Å². The summed E-state index contributed by atoms with van der Waals surface area (Å²) in [6, 6.07) is 3.03. The second-order valence-electron chi connectivity index (χ2n) is 4.56. The van der Waals surface area contributed by atoms with E-state index in [0.717, 1.165) is 18.3 Å². The molecule has 0 aliphatic heterocycles. The van der Waals surface area contributed by atoms with Gasteiger partial charge in [0.15, 0.2) is 0 Å². The van der Waals surface area contributed by atoms with Crippen molar-refractivity contribution in [3.8, 4) is 0 Å². The average molecular weight is 265 g/mol. The van der Waals surface area contributed by atoms with E-state index in [2.05, 4.69) is 0 Å². The molecule has 6 heteroatoms. The topological polar surface area (TPSA) is 59.3 Å². The molecule has 19 heavy (non-hydrogen) atoms. The number of fused-ring (bicyclic) bond motifs is 1. The van der Waals surface area contributed by atoms with Crippen LogP contribution in [0.25, 0.3) is 10.9 Å². The molecule has 0 saturated heterocycles. The minimum atomic E-state index is -1.40. The van der Waals surface area contributed by atoms with Gasteiger partial charge in [0.1, 0.15) is 17.6 Å². The van der Waals surface area contributed by atoms with E-state index in [4.69, 9.17) is 5.11 Å². The third-order valence-corrected chi connectivity index (χ3v) is 3.26. The number of aromatic nitrogens is 1. The Kier molecular flexibility index (Phi) is 2.41. The molecule has 0 bridgehead atoms. The molecule has 0 radical (unpaired) electrons. The van der Waals surface area contributed by atoms with E-state index in [1.807, 2.05) is 0 Å². The van der Waals surface area contributed by atoms with Crippen LogP contribution in [0.3, 0.4) is 0 Å². The Labute approximate surface area is 105 Å². The number of benzene rings is 1. The van der Waals surface area contributed by atoms with E-state index in [1.54, 1.807) is 0 Å². The number of halogens is 2. The number of nitrogens with zero attached hydrogens (tertiary/aromatic N) is 1. The highest BCUT2D eigenvalue weighted by atomic mass is 19.1. The lowest BCUT2D eigenvalue weighted by atomic mass is 10.1. The highest BCUT2D eigenvalue weighted by Crippen LogP contribution is 2.40. The summed E-state index contributed by atoms with van der Waals surface area (Å²) in [6.45, 7) is 0. The van der Waals surface area contributed by atoms with Gasteiger partial charge in [-0.1, -0.05) is 0 Å². The van der Waals surface area contributed by atoms with Gasteiger partial charge in [0.05, 0.1) is 11.6 Å². The van der Waals surface area contributed by atoms with Crippen LogP contribution in [0.1, 0.15) is 22.8 Å². The molecule has 1 fully saturated rings. The number of rotatable bonds is 2. The van der Waals surface area contributed by atoms with E-state index >= 15 is 0 Å². The Morgan fingerprint density at radius 2 is 2.11 bits per heavy atom. The van der Waals surface area contributed by atoms with Crippen LogP contribution in [0, 0.1) is 5.82 Å². The maximum absolute atomic E-state index is 13.2. The van der Waals surface area contributed by atoms with Crippen LogP contribution in [0.15, 0.2) is 29.2 Å². The van der Waals surface area contributed by atoms with Crippen molar-refractivity contribution < 1.29 is 18.7 Å². The van der Waals surface area contributed by atoms with Gasteiger partial charge in [-0.2, -0.15) is 0 Å². The molecule has 1 aromatic carbocycles. The van der Waals surface area contributed by atoms with E-state index in [9.17, 15) is 18.4 Å². The molecule has 1 heterocycles. The minimum Gasteiger partial charge on any atom is -0.477 e. The van der Waals surface area contributed by atoms with Crippen LogP contribution in [0.2, 0.25) is 0 Å². The number of alkyl halides is 1. The highest BCUT2D eigenvalue weighted by Gasteiger charge is 2.40. The Morgan fingerprint density at radius 3 is 2.68 bits per heavy atom. The predicted octanol–water partition coefficient (Wildman–Crippen LogP) is 2.12. The molecule has 1 N–H and O–H groups in total. The molecule has 98 valence electrons. The summed E-state index contributed by atoms with van der Waals surface area (Å²) >= 11 is 0. The Hall–Kier alpha value is -2.24. The van der Waals surface area contributed by atoms with Gasteiger partial charge in [-0.3, -0.25) is 4.79 Å². The van der Waals surface area contributed by atoms with E-state index in [0.29, 0.717) is 5.52 Å². The third kappa shape index (κ3) is 1.80. The van der Waals surface area contributed by atoms with Crippen molar-refractivity contribution in [2.24, 2.45) is 0 Å². The average Bonchev–Trinajstić information content (AvgIpc) is 3.07. The summed E-state index contributed by atoms with van der Waals surface area (Å²) in [5.41, 5.74) is -0.881. The van der Waals surface area contributed by atoms with Crippen LogP contribution in [0.5, 0.6) is 0 Å². The number of carboxylic acid groups (broad SMARTS) is 1. The van der Waals surface area contributed by atoms with Gasteiger partial charge in [0.2, 0.25) is 5.43 Å². The van der Waals surface area contributed by atoms with Crippen LogP contribution in [0.4, 0.5) is 8.78 Å². The molecule has 2 atom stereocenters. The van der Waals surface area contributed by atoms with Crippen LogP contribution in [-0.2, 0) is 0 Å². The Morgan fingerprint density at radius 1 is 1.42 bits per heavy atom. The number of aromatic carboxylic acids is 1. The smallest absolute Gasteiger partial charge is 0.341 e. The van der Waals surface area contributed by atoms with Crippen molar-refractivity contribution in [1.82, 2.24) is 4.57 Å². The molecule has 0 unspecified atom stereocenters. The number of pyridine rings is 1. The first-order valence-corrected chi connectivity index (χ1v) is 5.71. The lowest BCUT2D eigenvalue weighted by Crippen LogP contribution is -2.19. The monoisotopic (exact) mass is 265 g/mol. The zero-order valence-electron chi connectivity index (χ0n) is 9.64. The first kappa shape index (κ1) is 11.8. The van der Waals surface area contributed by atoms with E-state index in [1.165, 1.54) is 10.6 Å². The summed E-state index contributed by atoms with van der Waals surface area (Å²) in [5.74, 6) is -2.03. The van der Waals surface area contributed by atoms with Crippen molar-refractivity contribution in [2.45, 2.75) is 18.6 Å². The van der Waals surface area contributed by atoms with Crippen molar-refractivity contribution >= 4 is 16.9 Å². The fourth-order valence-electron chi connectivity index (χ4n) is 2.19.